The number of aliphatic hydroxyl groups excluding tert-OH is 1. The summed E-state index contributed by atoms with van der Waals surface area (Å²) in [7, 11) is -3.75. The molecule has 7 nitrogen and oxygen atoms in total. The average molecular weight is 384 g/mol. The maximum atomic E-state index is 13.3. The smallest absolute Gasteiger partial charge is 0.264 e. The van der Waals surface area contributed by atoms with Crippen molar-refractivity contribution < 1.29 is 13.5 Å². The maximum absolute atomic E-state index is 13.3. The molecule has 1 aliphatic rings. The maximum Gasteiger partial charge on any atom is 0.264 e. The van der Waals surface area contributed by atoms with E-state index in [1.54, 1.807) is 59.5 Å². The molecule has 1 N–H and O–H groups in total. The number of benzene rings is 2. The number of anilines is 1. The summed E-state index contributed by atoms with van der Waals surface area (Å²) in [4.78, 5) is 4.15. The second kappa shape index (κ2) is 6.79. The number of sulfonamides is 1. The van der Waals surface area contributed by atoms with E-state index in [0.717, 1.165) is 5.56 Å². The van der Waals surface area contributed by atoms with Gasteiger partial charge in [0.2, 0.25) is 0 Å². The van der Waals surface area contributed by atoms with Gasteiger partial charge >= 0.3 is 0 Å². The van der Waals surface area contributed by atoms with Crippen LogP contribution in [0.2, 0.25) is 0 Å². The van der Waals surface area contributed by atoms with E-state index in [0.29, 0.717) is 17.8 Å². The average Bonchev–Trinajstić information content (AvgIpc) is 3.17. The number of aromatic nitrogens is 3. The molecule has 0 bridgehead atoms. The van der Waals surface area contributed by atoms with E-state index in [1.165, 1.54) is 10.6 Å². The number of para-hydroxylation sites is 1. The minimum Gasteiger partial charge on any atom is -0.388 e. The Morgan fingerprint density at radius 3 is 2.59 bits per heavy atom. The van der Waals surface area contributed by atoms with Gasteiger partial charge in [0.05, 0.1) is 23.2 Å². The number of hydrogen-bond donors (Lipinski definition) is 1. The van der Waals surface area contributed by atoms with Crippen molar-refractivity contribution in [3.05, 3.63) is 72.3 Å². The molecule has 2 atom stereocenters. The molecule has 0 unspecified atom stereocenters. The molecule has 3 aromatic rings. The number of rotatable bonds is 4. The first-order valence-corrected chi connectivity index (χ1v) is 10.1. The largest absolute Gasteiger partial charge is 0.388 e. The van der Waals surface area contributed by atoms with Crippen LogP contribution in [0.1, 0.15) is 17.2 Å². The van der Waals surface area contributed by atoms with Gasteiger partial charge < -0.3 is 5.11 Å². The molecule has 0 radical (unpaired) electrons. The highest BCUT2D eigenvalue weighted by Gasteiger charge is 2.38. The van der Waals surface area contributed by atoms with E-state index in [1.807, 2.05) is 6.92 Å². The van der Waals surface area contributed by atoms with Gasteiger partial charge in [-0.25, -0.2) is 13.4 Å². The van der Waals surface area contributed by atoms with Crippen LogP contribution in [0.3, 0.4) is 0 Å². The van der Waals surface area contributed by atoms with E-state index < -0.39 is 16.1 Å². The summed E-state index contributed by atoms with van der Waals surface area (Å²) in [6, 6.07) is 13.9. The van der Waals surface area contributed by atoms with Crippen molar-refractivity contribution in [1.29, 1.82) is 0 Å². The monoisotopic (exact) mass is 384 g/mol. The lowest BCUT2D eigenvalue weighted by Crippen LogP contribution is -2.43. The molecule has 140 valence electrons. The van der Waals surface area contributed by atoms with E-state index in [9.17, 15) is 13.5 Å². The molecule has 2 aromatic carbocycles. The standard InChI is InChI=1S/C19H20N4O3S/c1-14-6-8-16(9-7-14)27(25,26)23-11-15(10-22-13-20-12-21-22)19(24)17-4-2-3-5-18(17)23/h2-9,12-13,15,19,24H,10-11H2,1H3/t15-,19+/m1/s1. The molecule has 2 heterocycles. The minimum atomic E-state index is -3.75. The van der Waals surface area contributed by atoms with Crippen molar-refractivity contribution in [2.24, 2.45) is 5.92 Å². The van der Waals surface area contributed by atoms with Crippen LogP contribution in [0.15, 0.2) is 66.1 Å². The van der Waals surface area contributed by atoms with Gasteiger partial charge in [0.25, 0.3) is 10.0 Å². The molecule has 0 saturated heterocycles. The molecule has 1 aliphatic heterocycles. The number of aliphatic hydroxyl groups is 1. The van der Waals surface area contributed by atoms with Crippen LogP contribution in [0.5, 0.6) is 0 Å². The van der Waals surface area contributed by atoms with Crippen LogP contribution >= 0.6 is 0 Å². The quantitative estimate of drug-likeness (QED) is 0.745. The second-order valence-corrected chi connectivity index (χ2v) is 8.59. The van der Waals surface area contributed by atoms with Crippen molar-refractivity contribution in [1.82, 2.24) is 14.8 Å². The zero-order valence-electron chi connectivity index (χ0n) is 14.8. The number of fused-ring (bicyclic) bond motifs is 1. The van der Waals surface area contributed by atoms with Crippen LogP contribution in [0.25, 0.3) is 0 Å². The van der Waals surface area contributed by atoms with Gasteiger partial charge in [-0.3, -0.25) is 8.99 Å². The van der Waals surface area contributed by atoms with Crippen LogP contribution < -0.4 is 4.31 Å². The Morgan fingerprint density at radius 1 is 1.15 bits per heavy atom. The summed E-state index contributed by atoms with van der Waals surface area (Å²) in [5, 5.41) is 14.9. The van der Waals surface area contributed by atoms with Gasteiger partial charge in [0.1, 0.15) is 12.7 Å². The minimum absolute atomic E-state index is 0.161. The molecule has 1 aromatic heterocycles. The van der Waals surface area contributed by atoms with Crippen LogP contribution in [-0.4, -0.2) is 34.8 Å². The summed E-state index contributed by atoms with van der Waals surface area (Å²) >= 11 is 0. The highest BCUT2D eigenvalue weighted by molar-refractivity contribution is 7.92. The predicted molar refractivity (Wildman–Crippen MR) is 101 cm³/mol. The fourth-order valence-corrected chi connectivity index (χ4v) is 4.97. The van der Waals surface area contributed by atoms with E-state index in [-0.39, 0.29) is 17.4 Å². The Kier molecular flexibility index (Phi) is 4.45. The van der Waals surface area contributed by atoms with Gasteiger partial charge in [-0.2, -0.15) is 5.10 Å². The highest BCUT2D eigenvalue weighted by Crippen LogP contribution is 2.40. The lowest BCUT2D eigenvalue weighted by atomic mass is 9.90. The van der Waals surface area contributed by atoms with Crippen LogP contribution in [0, 0.1) is 12.8 Å². The summed E-state index contributed by atoms with van der Waals surface area (Å²) in [6.07, 6.45) is 2.20. The van der Waals surface area contributed by atoms with Gasteiger partial charge in [0.15, 0.2) is 0 Å². The van der Waals surface area contributed by atoms with Crippen molar-refractivity contribution >= 4 is 15.7 Å². The lowest BCUT2D eigenvalue weighted by molar-refractivity contribution is 0.0951. The fraction of sp³-hybridized carbons (Fsp3) is 0.263. The molecule has 0 amide bonds. The first-order chi connectivity index (χ1) is 13.0. The summed E-state index contributed by atoms with van der Waals surface area (Å²) in [5.74, 6) is -0.346. The van der Waals surface area contributed by atoms with E-state index in [2.05, 4.69) is 10.1 Å². The number of aryl methyl sites for hydroxylation is 1. The summed E-state index contributed by atoms with van der Waals surface area (Å²) in [6.45, 7) is 2.45. The highest BCUT2D eigenvalue weighted by atomic mass is 32.2. The second-order valence-electron chi connectivity index (χ2n) is 6.73. The third-order valence-corrected chi connectivity index (χ3v) is 6.66. The Labute approximate surface area is 158 Å². The Balaban J connectivity index is 1.76. The number of hydrogen-bond acceptors (Lipinski definition) is 5. The van der Waals surface area contributed by atoms with E-state index in [4.69, 9.17) is 0 Å². The summed E-state index contributed by atoms with van der Waals surface area (Å²) in [5.41, 5.74) is 2.11. The molecule has 0 fully saturated rings. The van der Waals surface area contributed by atoms with E-state index >= 15 is 0 Å². The summed E-state index contributed by atoms with van der Waals surface area (Å²) < 4.78 is 29.7. The van der Waals surface area contributed by atoms with Crippen LogP contribution in [-0.2, 0) is 16.6 Å². The first kappa shape index (κ1) is 17.7. The topological polar surface area (TPSA) is 88.3 Å². The molecule has 0 spiro atoms. The van der Waals surface area contributed by atoms with Crippen molar-refractivity contribution in [2.45, 2.75) is 24.5 Å². The van der Waals surface area contributed by atoms with Crippen molar-refractivity contribution in [3.8, 4) is 0 Å². The Hall–Kier alpha value is -2.71. The predicted octanol–water partition coefficient (Wildman–Crippen LogP) is 2.15. The van der Waals surface area contributed by atoms with Gasteiger partial charge in [-0.15, -0.1) is 0 Å². The van der Waals surface area contributed by atoms with Gasteiger partial charge in [-0.05, 0) is 25.1 Å². The third-order valence-electron chi connectivity index (χ3n) is 4.87. The normalized spacial score (nSPS) is 19.7. The molecule has 8 heteroatoms. The van der Waals surface area contributed by atoms with Crippen LogP contribution in [0.4, 0.5) is 5.69 Å². The Morgan fingerprint density at radius 2 is 1.89 bits per heavy atom. The third kappa shape index (κ3) is 3.22. The first-order valence-electron chi connectivity index (χ1n) is 8.65. The molecule has 0 saturated carbocycles. The SMILES string of the molecule is Cc1ccc(S(=O)(=O)N2C[C@@H](Cn3cncn3)[C@H](O)c3ccccc32)cc1. The zero-order valence-corrected chi connectivity index (χ0v) is 15.6. The Bertz CT molecular complexity index is 1030. The van der Waals surface area contributed by atoms with Crippen molar-refractivity contribution in [3.63, 3.8) is 0 Å². The van der Waals surface area contributed by atoms with Gasteiger partial charge in [-0.1, -0.05) is 35.9 Å². The molecule has 27 heavy (non-hydrogen) atoms. The lowest BCUT2D eigenvalue weighted by Gasteiger charge is -2.38. The molecular weight excluding hydrogens is 364 g/mol. The fourth-order valence-electron chi connectivity index (χ4n) is 3.42. The number of nitrogens with zero attached hydrogens (tertiary/aromatic N) is 4. The molecule has 4 rings (SSSR count). The van der Waals surface area contributed by atoms with Crippen molar-refractivity contribution in [2.75, 3.05) is 10.8 Å². The molecule has 0 aliphatic carbocycles. The zero-order chi connectivity index (χ0) is 19.0. The van der Waals surface area contributed by atoms with Gasteiger partial charge in [0, 0.05) is 18.0 Å². The molecular formula is C19H20N4O3S.